The zero-order chi connectivity index (χ0) is 5.11. The summed E-state index contributed by atoms with van der Waals surface area (Å²) in [7, 11) is 0. The van der Waals surface area contributed by atoms with Crippen molar-refractivity contribution in [3.05, 3.63) is 11.5 Å². The van der Waals surface area contributed by atoms with E-state index in [1.165, 1.54) is 0 Å². The number of nitrogens with one attached hydrogen (secondary N) is 1. The Kier molecular flexibility index (Phi) is 1.70. The molecule has 0 aliphatic carbocycles. The maximum Gasteiger partial charge on any atom is 0.0999 e. The molecule has 0 aromatic heterocycles. The molecule has 0 unspecified atom stereocenters. The van der Waals surface area contributed by atoms with Gasteiger partial charge in [0.25, 0.3) is 0 Å². The fraction of sp³-hybridized carbons (Fsp3) is 0.250. The lowest BCUT2D eigenvalue weighted by Crippen LogP contribution is -2.20. The molecule has 0 saturated heterocycles. The Hall–Kier alpha value is -0.0200. The molecule has 0 spiro atoms. The molecule has 0 amide bonds. The Morgan fingerprint density at radius 3 is 3.00 bits per heavy atom. The van der Waals surface area contributed by atoms with E-state index in [9.17, 15) is 0 Å². The monoisotopic (exact) mass is 131 g/mol. The van der Waals surface area contributed by atoms with Crippen LogP contribution < -0.4 is 5.32 Å². The molecule has 0 aromatic carbocycles. The topological polar surface area (TPSA) is 12.0 Å². The SMILES string of the molecule is S=C1C=CSCN1. The molecule has 7 heavy (non-hydrogen) atoms. The van der Waals surface area contributed by atoms with Crippen LogP contribution >= 0.6 is 24.0 Å². The number of hydrogen-bond acceptors (Lipinski definition) is 2. The normalized spacial score (nSPS) is 19.1. The quantitative estimate of drug-likeness (QED) is 0.495. The van der Waals surface area contributed by atoms with E-state index >= 15 is 0 Å². The van der Waals surface area contributed by atoms with E-state index in [1.807, 2.05) is 11.5 Å². The van der Waals surface area contributed by atoms with Gasteiger partial charge in [-0.15, -0.1) is 11.8 Å². The van der Waals surface area contributed by atoms with Crippen LogP contribution in [0.5, 0.6) is 0 Å². The lowest BCUT2D eigenvalue weighted by Gasteiger charge is -2.04. The van der Waals surface area contributed by atoms with Gasteiger partial charge in [-0.05, 0) is 11.5 Å². The van der Waals surface area contributed by atoms with Crippen molar-refractivity contribution in [1.82, 2.24) is 5.32 Å². The van der Waals surface area contributed by atoms with Crippen molar-refractivity contribution >= 4 is 29.0 Å². The van der Waals surface area contributed by atoms with E-state index in [-0.39, 0.29) is 0 Å². The van der Waals surface area contributed by atoms with E-state index in [4.69, 9.17) is 12.2 Å². The summed E-state index contributed by atoms with van der Waals surface area (Å²) in [5.41, 5.74) is 0. The Morgan fingerprint density at radius 2 is 2.71 bits per heavy atom. The first-order valence-corrected chi connectivity index (χ1v) is 3.41. The summed E-state index contributed by atoms with van der Waals surface area (Å²) in [5.74, 6) is 0.926. The fourth-order valence-corrected chi connectivity index (χ4v) is 1.21. The third kappa shape index (κ3) is 1.49. The van der Waals surface area contributed by atoms with Crippen LogP contribution in [0.3, 0.4) is 0 Å². The molecule has 0 aromatic rings. The lowest BCUT2D eigenvalue weighted by atomic mass is 10.6. The van der Waals surface area contributed by atoms with Crippen molar-refractivity contribution in [1.29, 1.82) is 0 Å². The number of rotatable bonds is 0. The van der Waals surface area contributed by atoms with Gasteiger partial charge >= 0.3 is 0 Å². The molecule has 0 atom stereocenters. The van der Waals surface area contributed by atoms with E-state index < -0.39 is 0 Å². The summed E-state index contributed by atoms with van der Waals surface area (Å²) >= 11 is 6.51. The van der Waals surface area contributed by atoms with Gasteiger partial charge in [-0.1, -0.05) is 12.2 Å². The number of thiocarbonyl (C=S) groups is 1. The van der Waals surface area contributed by atoms with Crippen LogP contribution in [0.15, 0.2) is 11.5 Å². The highest BCUT2D eigenvalue weighted by molar-refractivity contribution is 8.02. The van der Waals surface area contributed by atoms with Gasteiger partial charge in [-0.3, -0.25) is 0 Å². The molecule has 0 radical (unpaired) electrons. The maximum atomic E-state index is 4.79. The summed E-state index contributed by atoms with van der Waals surface area (Å²) in [5, 5.41) is 4.99. The van der Waals surface area contributed by atoms with Crippen LogP contribution in [0.1, 0.15) is 0 Å². The van der Waals surface area contributed by atoms with Crippen LogP contribution in [0.2, 0.25) is 0 Å². The summed E-state index contributed by atoms with van der Waals surface area (Å²) in [6.45, 7) is 0. The summed E-state index contributed by atoms with van der Waals surface area (Å²) in [6.07, 6.45) is 1.89. The first-order valence-electron chi connectivity index (χ1n) is 1.95. The molecule has 1 heterocycles. The molecule has 1 aliphatic heterocycles. The Balaban J connectivity index is 2.51. The van der Waals surface area contributed by atoms with Gasteiger partial charge in [-0.25, -0.2) is 0 Å². The van der Waals surface area contributed by atoms with Gasteiger partial charge in [0.2, 0.25) is 0 Å². The number of hydrogen-bond donors (Lipinski definition) is 1. The second-order valence-electron chi connectivity index (χ2n) is 1.15. The largest absolute Gasteiger partial charge is 0.367 e. The highest BCUT2D eigenvalue weighted by atomic mass is 32.2. The minimum atomic E-state index is 0.846. The van der Waals surface area contributed by atoms with Gasteiger partial charge in [0.1, 0.15) is 0 Å². The predicted octanol–water partition coefficient (Wildman–Crippen LogP) is 1.12. The van der Waals surface area contributed by atoms with Gasteiger partial charge < -0.3 is 5.32 Å². The van der Waals surface area contributed by atoms with E-state index in [0.717, 1.165) is 10.9 Å². The standard InChI is InChI=1S/C4H5NS2/c6-4-1-2-7-3-5-4/h1-2H,3H2,(H,5,6). The molecule has 3 heteroatoms. The van der Waals surface area contributed by atoms with E-state index in [2.05, 4.69) is 5.32 Å². The highest BCUT2D eigenvalue weighted by Gasteiger charge is 1.92. The van der Waals surface area contributed by atoms with Crippen LogP contribution in [-0.4, -0.2) is 10.9 Å². The van der Waals surface area contributed by atoms with Crippen LogP contribution in [-0.2, 0) is 0 Å². The minimum absolute atomic E-state index is 0.846. The molecule has 1 rings (SSSR count). The molecule has 1 nitrogen and oxygen atoms in total. The molecule has 0 saturated carbocycles. The van der Waals surface area contributed by atoms with Gasteiger partial charge in [-0.2, -0.15) is 0 Å². The van der Waals surface area contributed by atoms with Crippen molar-refractivity contribution in [2.45, 2.75) is 0 Å². The van der Waals surface area contributed by atoms with Crippen molar-refractivity contribution in [3.8, 4) is 0 Å². The van der Waals surface area contributed by atoms with Gasteiger partial charge in [0.05, 0.1) is 10.9 Å². The molecular formula is C4H5NS2. The third-order valence-corrected chi connectivity index (χ3v) is 1.57. The minimum Gasteiger partial charge on any atom is -0.367 e. The molecule has 1 N–H and O–H groups in total. The summed E-state index contributed by atoms with van der Waals surface area (Å²) in [4.78, 5) is 0.846. The fourth-order valence-electron chi connectivity index (χ4n) is 0.330. The lowest BCUT2D eigenvalue weighted by molar-refractivity contribution is 1.16. The van der Waals surface area contributed by atoms with Crippen molar-refractivity contribution < 1.29 is 0 Å². The average molecular weight is 131 g/mol. The van der Waals surface area contributed by atoms with Crippen molar-refractivity contribution in [2.24, 2.45) is 0 Å². The highest BCUT2D eigenvalue weighted by Crippen LogP contribution is 2.03. The zero-order valence-electron chi connectivity index (χ0n) is 3.68. The van der Waals surface area contributed by atoms with E-state index in [0.29, 0.717) is 0 Å². The molecule has 0 fully saturated rings. The zero-order valence-corrected chi connectivity index (χ0v) is 5.31. The molecule has 38 valence electrons. The van der Waals surface area contributed by atoms with Gasteiger partial charge in [0.15, 0.2) is 0 Å². The Bertz CT molecular complexity index is 108. The second-order valence-corrected chi connectivity index (χ2v) is 2.49. The third-order valence-electron chi connectivity index (χ3n) is 0.645. The Morgan fingerprint density at radius 1 is 1.86 bits per heavy atom. The van der Waals surface area contributed by atoms with Crippen molar-refractivity contribution in [2.75, 3.05) is 5.88 Å². The van der Waals surface area contributed by atoms with Crippen LogP contribution in [0.4, 0.5) is 0 Å². The number of thioether (sulfide) groups is 1. The molecular weight excluding hydrogens is 126 g/mol. The van der Waals surface area contributed by atoms with E-state index in [1.54, 1.807) is 11.8 Å². The van der Waals surface area contributed by atoms with Gasteiger partial charge in [0, 0.05) is 0 Å². The second kappa shape index (κ2) is 2.33. The van der Waals surface area contributed by atoms with Crippen LogP contribution in [0.25, 0.3) is 0 Å². The first-order chi connectivity index (χ1) is 3.39. The van der Waals surface area contributed by atoms with Crippen molar-refractivity contribution in [3.63, 3.8) is 0 Å². The summed E-state index contributed by atoms with van der Waals surface area (Å²) < 4.78 is 0. The first kappa shape index (κ1) is 5.12. The smallest absolute Gasteiger partial charge is 0.0999 e. The Labute approximate surface area is 52.2 Å². The molecule has 0 bridgehead atoms. The maximum absolute atomic E-state index is 4.79. The predicted molar refractivity (Wildman–Crippen MR) is 37.3 cm³/mol. The molecule has 1 aliphatic rings. The summed E-state index contributed by atoms with van der Waals surface area (Å²) in [6, 6.07) is 0. The van der Waals surface area contributed by atoms with Crippen LogP contribution in [0, 0.1) is 0 Å². The average Bonchev–Trinajstić information content (AvgIpc) is 1.69.